The fourth-order valence-corrected chi connectivity index (χ4v) is 0.949. The minimum Gasteiger partial charge on any atom is -0.388 e. The first-order valence-corrected chi connectivity index (χ1v) is 3.20. The molecule has 0 bridgehead atoms. The van der Waals surface area contributed by atoms with E-state index in [0.717, 1.165) is 0 Å². The third kappa shape index (κ3) is 1.58. The molecule has 0 aromatic heterocycles. The summed E-state index contributed by atoms with van der Waals surface area (Å²) in [5, 5.41) is 14.4. The lowest BCUT2D eigenvalue weighted by molar-refractivity contribution is -0.0188. The fraction of sp³-hybridized carbons (Fsp3) is 1.00. The van der Waals surface area contributed by atoms with Gasteiger partial charge in [-0.15, -0.1) is 0 Å². The van der Waals surface area contributed by atoms with Gasteiger partial charge in [0.1, 0.15) is 18.2 Å². The molecule has 6 nitrogen and oxygen atoms in total. The SMILES string of the molecule is O=N[C@H]1COC[C@@H](N=O)C1O. The number of aliphatic hydroxyl groups is 1. The van der Waals surface area contributed by atoms with Gasteiger partial charge in [-0.3, -0.25) is 0 Å². The molecule has 0 saturated carbocycles. The molecule has 1 aliphatic rings. The predicted molar refractivity (Wildman–Crippen MR) is 36.0 cm³/mol. The normalized spacial score (nSPS) is 38.1. The Hall–Kier alpha value is -0.880. The Balaban J connectivity index is 2.58. The lowest BCUT2D eigenvalue weighted by Crippen LogP contribution is -2.45. The van der Waals surface area contributed by atoms with Crippen molar-refractivity contribution >= 4 is 0 Å². The van der Waals surface area contributed by atoms with Gasteiger partial charge in [-0.2, -0.15) is 9.81 Å². The quantitative estimate of drug-likeness (QED) is 0.559. The summed E-state index contributed by atoms with van der Waals surface area (Å²) in [6.45, 7) is 0.132. The number of hydrogen-bond donors (Lipinski definition) is 1. The van der Waals surface area contributed by atoms with Gasteiger partial charge in [-0.25, -0.2) is 0 Å². The molecule has 1 aliphatic heterocycles. The molecule has 0 radical (unpaired) electrons. The first-order valence-electron chi connectivity index (χ1n) is 3.20. The lowest BCUT2D eigenvalue weighted by Gasteiger charge is -2.25. The minimum atomic E-state index is -1.08. The van der Waals surface area contributed by atoms with E-state index in [1.54, 1.807) is 0 Å². The number of nitroso groups, excluding NO2 is 2. The Morgan fingerprint density at radius 2 is 1.64 bits per heavy atom. The van der Waals surface area contributed by atoms with Crippen molar-refractivity contribution in [2.45, 2.75) is 18.2 Å². The van der Waals surface area contributed by atoms with Crippen LogP contribution in [0.3, 0.4) is 0 Å². The highest BCUT2D eigenvalue weighted by molar-refractivity contribution is 4.88. The molecule has 1 N–H and O–H groups in total. The predicted octanol–water partition coefficient (Wildman–Crippen LogP) is -0.352. The molecule has 1 unspecified atom stereocenters. The molecule has 0 aromatic carbocycles. The van der Waals surface area contributed by atoms with Crippen LogP contribution in [0.25, 0.3) is 0 Å². The van der Waals surface area contributed by atoms with Crippen LogP contribution in [0.1, 0.15) is 0 Å². The van der Waals surface area contributed by atoms with E-state index < -0.39 is 18.2 Å². The second kappa shape index (κ2) is 3.49. The molecule has 3 atom stereocenters. The van der Waals surface area contributed by atoms with E-state index in [2.05, 4.69) is 10.4 Å². The Kier molecular flexibility index (Phi) is 2.61. The van der Waals surface area contributed by atoms with Gasteiger partial charge in [0.15, 0.2) is 0 Å². The average Bonchev–Trinajstić information content (AvgIpc) is 2.05. The summed E-state index contributed by atoms with van der Waals surface area (Å²) in [6.07, 6.45) is -1.08. The van der Waals surface area contributed by atoms with Gasteiger partial charge in [0.05, 0.1) is 13.2 Å². The molecule has 62 valence electrons. The van der Waals surface area contributed by atoms with Crippen molar-refractivity contribution in [1.29, 1.82) is 0 Å². The van der Waals surface area contributed by atoms with Gasteiger partial charge in [0.25, 0.3) is 0 Å². The maximum Gasteiger partial charge on any atom is 0.143 e. The summed E-state index contributed by atoms with van der Waals surface area (Å²) in [7, 11) is 0. The summed E-state index contributed by atoms with van der Waals surface area (Å²) in [5.74, 6) is 0. The van der Waals surface area contributed by atoms with Gasteiger partial charge in [-0.05, 0) is 0 Å². The summed E-state index contributed by atoms with van der Waals surface area (Å²) in [5.41, 5.74) is 0. The molecule has 0 spiro atoms. The van der Waals surface area contributed by atoms with Crippen molar-refractivity contribution in [2.75, 3.05) is 13.2 Å². The summed E-state index contributed by atoms with van der Waals surface area (Å²) in [4.78, 5) is 20.0. The van der Waals surface area contributed by atoms with E-state index in [9.17, 15) is 9.81 Å². The molecular formula is C5H8N2O4. The molecule has 0 aliphatic carbocycles. The molecule has 0 aromatic rings. The fourth-order valence-electron chi connectivity index (χ4n) is 0.949. The van der Waals surface area contributed by atoms with Crippen LogP contribution < -0.4 is 0 Å². The first-order chi connectivity index (χ1) is 5.29. The van der Waals surface area contributed by atoms with Crippen LogP contribution in [-0.2, 0) is 4.74 Å². The smallest absolute Gasteiger partial charge is 0.143 e. The number of nitrogens with zero attached hydrogens (tertiary/aromatic N) is 2. The van der Waals surface area contributed by atoms with E-state index in [-0.39, 0.29) is 13.2 Å². The molecule has 1 heterocycles. The Bertz CT molecular complexity index is 147. The zero-order valence-corrected chi connectivity index (χ0v) is 5.71. The van der Waals surface area contributed by atoms with E-state index in [0.29, 0.717) is 0 Å². The average molecular weight is 160 g/mol. The van der Waals surface area contributed by atoms with Crippen molar-refractivity contribution in [3.8, 4) is 0 Å². The van der Waals surface area contributed by atoms with Crippen LogP contribution in [0.2, 0.25) is 0 Å². The van der Waals surface area contributed by atoms with Gasteiger partial charge < -0.3 is 9.84 Å². The van der Waals surface area contributed by atoms with E-state index >= 15 is 0 Å². The van der Waals surface area contributed by atoms with Crippen LogP contribution in [0.4, 0.5) is 0 Å². The van der Waals surface area contributed by atoms with Crippen molar-refractivity contribution in [1.82, 2.24) is 0 Å². The maximum absolute atomic E-state index is 10.00. The molecule has 6 heteroatoms. The van der Waals surface area contributed by atoms with Crippen molar-refractivity contribution in [3.63, 3.8) is 0 Å². The largest absolute Gasteiger partial charge is 0.388 e. The van der Waals surface area contributed by atoms with Crippen molar-refractivity contribution < 1.29 is 9.84 Å². The van der Waals surface area contributed by atoms with Gasteiger partial charge in [0.2, 0.25) is 0 Å². The van der Waals surface area contributed by atoms with E-state index in [1.807, 2.05) is 0 Å². The van der Waals surface area contributed by atoms with Gasteiger partial charge in [-0.1, -0.05) is 10.4 Å². The lowest BCUT2D eigenvalue weighted by atomic mass is 10.0. The summed E-state index contributed by atoms with van der Waals surface area (Å²) in [6, 6.07) is -1.71. The van der Waals surface area contributed by atoms with Gasteiger partial charge >= 0.3 is 0 Å². The van der Waals surface area contributed by atoms with Crippen LogP contribution >= 0.6 is 0 Å². The second-order valence-corrected chi connectivity index (χ2v) is 2.37. The number of hydrogen-bond acceptors (Lipinski definition) is 6. The third-order valence-corrected chi connectivity index (χ3v) is 1.64. The van der Waals surface area contributed by atoms with Crippen LogP contribution in [0.15, 0.2) is 10.4 Å². The van der Waals surface area contributed by atoms with Crippen molar-refractivity contribution in [2.24, 2.45) is 10.4 Å². The second-order valence-electron chi connectivity index (χ2n) is 2.37. The highest BCUT2D eigenvalue weighted by Crippen LogP contribution is 2.13. The molecule has 1 saturated heterocycles. The Morgan fingerprint density at radius 3 is 2.00 bits per heavy atom. The Labute approximate surface area is 62.5 Å². The summed E-state index contributed by atoms with van der Waals surface area (Å²) >= 11 is 0. The van der Waals surface area contributed by atoms with Gasteiger partial charge in [0, 0.05) is 0 Å². The first kappa shape index (κ1) is 8.22. The Morgan fingerprint density at radius 1 is 1.18 bits per heavy atom. The maximum atomic E-state index is 10.00. The van der Waals surface area contributed by atoms with Crippen molar-refractivity contribution in [3.05, 3.63) is 9.81 Å². The highest BCUT2D eigenvalue weighted by Gasteiger charge is 2.34. The molecule has 1 fully saturated rings. The molecule has 11 heavy (non-hydrogen) atoms. The third-order valence-electron chi connectivity index (χ3n) is 1.64. The summed E-state index contributed by atoms with van der Waals surface area (Å²) < 4.78 is 4.80. The molecule has 1 rings (SSSR count). The monoisotopic (exact) mass is 160 g/mol. The van der Waals surface area contributed by atoms with Crippen LogP contribution in [-0.4, -0.2) is 36.5 Å². The van der Waals surface area contributed by atoms with Crippen LogP contribution in [0, 0.1) is 9.81 Å². The molecule has 0 amide bonds. The standard InChI is InChI=1S/C5H8N2O4/c8-5-3(6-9)1-11-2-4(5)7-10/h3-5,8H,1-2H2/t3-,4+,5?. The van der Waals surface area contributed by atoms with E-state index in [4.69, 9.17) is 9.84 Å². The van der Waals surface area contributed by atoms with Crippen LogP contribution in [0.5, 0.6) is 0 Å². The number of rotatable bonds is 2. The highest BCUT2D eigenvalue weighted by atomic mass is 16.5. The number of ether oxygens (including phenoxy) is 1. The van der Waals surface area contributed by atoms with E-state index in [1.165, 1.54) is 0 Å². The molecular weight excluding hydrogens is 152 g/mol. The minimum absolute atomic E-state index is 0.0662. The topological polar surface area (TPSA) is 88.3 Å². The zero-order valence-electron chi connectivity index (χ0n) is 5.71. The number of aliphatic hydroxyl groups excluding tert-OH is 1. The zero-order chi connectivity index (χ0) is 8.27.